The van der Waals surface area contributed by atoms with Gasteiger partial charge in [-0.2, -0.15) is 0 Å². The lowest BCUT2D eigenvalue weighted by Gasteiger charge is -2.34. The zero-order chi connectivity index (χ0) is 22.5. The molecule has 2 heterocycles. The van der Waals surface area contributed by atoms with Gasteiger partial charge in [-0.1, -0.05) is 29.5 Å². The molecular formula is C23H27N5O4. The summed E-state index contributed by atoms with van der Waals surface area (Å²) in [5.74, 6) is 1.79. The van der Waals surface area contributed by atoms with Gasteiger partial charge in [0.1, 0.15) is 0 Å². The molecule has 1 saturated heterocycles. The smallest absolute Gasteiger partial charge is 0.276 e. The molecule has 168 valence electrons. The van der Waals surface area contributed by atoms with E-state index in [2.05, 4.69) is 15.2 Å². The van der Waals surface area contributed by atoms with Crippen LogP contribution in [0.4, 0.5) is 0 Å². The molecule has 4 rings (SSSR count). The Labute approximate surface area is 187 Å². The molecule has 1 aliphatic heterocycles. The van der Waals surface area contributed by atoms with E-state index in [0.717, 1.165) is 24.3 Å². The van der Waals surface area contributed by atoms with Gasteiger partial charge in [0.25, 0.3) is 5.91 Å². The van der Waals surface area contributed by atoms with Crippen LogP contribution in [0.15, 0.2) is 48.7 Å². The maximum absolute atomic E-state index is 12.9. The van der Waals surface area contributed by atoms with Crippen molar-refractivity contribution in [2.75, 3.05) is 47.5 Å². The number of carbonyl (C=O) groups is 1. The highest BCUT2D eigenvalue weighted by Gasteiger charge is 2.25. The summed E-state index contributed by atoms with van der Waals surface area (Å²) in [6.07, 6.45) is 1.68. The van der Waals surface area contributed by atoms with Gasteiger partial charge >= 0.3 is 0 Å². The van der Waals surface area contributed by atoms with Crippen LogP contribution in [0.2, 0.25) is 0 Å². The first-order chi connectivity index (χ1) is 15.6. The highest BCUT2D eigenvalue weighted by Crippen LogP contribution is 2.40. The third kappa shape index (κ3) is 4.38. The van der Waals surface area contributed by atoms with Gasteiger partial charge in [-0.15, -0.1) is 5.10 Å². The maximum atomic E-state index is 12.9. The van der Waals surface area contributed by atoms with Gasteiger partial charge in [0.05, 0.1) is 33.2 Å². The summed E-state index contributed by atoms with van der Waals surface area (Å²) in [6, 6.07) is 13.5. The van der Waals surface area contributed by atoms with Crippen LogP contribution in [0.25, 0.3) is 5.69 Å². The molecule has 3 aromatic rings. The number of hydrogen-bond acceptors (Lipinski definition) is 7. The second-order valence-corrected chi connectivity index (χ2v) is 7.45. The summed E-state index contributed by atoms with van der Waals surface area (Å²) in [4.78, 5) is 17.0. The molecule has 0 N–H and O–H groups in total. The van der Waals surface area contributed by atoms with Crippen LogP contribution in [0.5, 0.6) is 17.2 Å². The van der Waals surface area contributed by atoms with Crippen LogP contribution in [0, 0.1) is 0 Å². The minimum atomic E-state index is -0.101. The molecule has 0 spiro atoms. The first kappa shape index (κ1) is 21.6. The number of piperazine rings is 1. The minimum absolute atomic E-state index is 0.101. The van der Waals surface area contributed by atoms with E-state index >= 15 is 0 Å². The normalized spacial score (nSPS) is 14.3. The quantitative estimate of drug-likeness (QED) is 0.561. The van der Waals surface area contributed by atoms with E-state index in [1.54, 1.807) is 32.2 Å². The number of nitrogens with zero attached hydrogens (tertiary/aromatic N) is 5. The van der Waals surface area contributed by atoms with Crippen LogP contribution in [-0.2, 0) is 6.54 Å². The number of carbonyl (C=O) groups excluding carboxylic acids is 1. The van der Waals surface area contributed by atoms with Gasteiger partial charge in [0, 0.05) is 38.3 Å². The summed E-state index contributed by atoms with van der Waals surface area (Å²) in [5.41, 5.74) is 2.23. The summed E-state index contributed by atoms with van der Waals surface area (Å²) in [7, 11) is 4.83. The molecule has 0 radical (unpaired) electrons. The van der Waals surface area contributed by atoms with Gasteiger partial charge in [-0.05, 0) is 18.2 Å². The highest BCUT2D eigenvalue weighted by atomic mass is 16.5. The van der Waals surface area contributed by atoms with Gasteiger partial charge in [0.15, 0.2) is 17.2 Å². The lowest BCUT2D eigenvalue weighted by atomic mass is 10.1. The van der Waals surface area contributed by atoms with Gasteiger partial charge in [-0.25, -0.2) is 4.68 Å². The van der Waals surface area contributed by atoms with Crippen LogP contribution in [-0.4, -0.2) is 78.2 Å². The van der Waals surface area contributed by atoms with Crippen molar-refractivity contribution in [2.24, 2.45) is 0 Å². The van der Waals surface area contributed by atoms with Crippen molar-refractivity contribution >= 4 is 5.91 Å². The van der Waals surface area contributed by atoms with Crippen molar-refractivity contribution in [3.8, 4) is 22.9 Å². The summed E-state index contributed by atoms with van der Waals surface area (Å²) >= 11 is 0. The monoisotopic (exact) mass is 437 g/mol. The lowest BCUT2D eigenvalue weighted by Crippen LogP contribution is -2.48. The van der Waals surface area contributed by atoms with Crippen LogP contribution < -0.4 is 14.2 Å². The Morgan fingerprint density at radius 2 is 1.62 bits per heavy atom. The molecule has 1 fully saturated rings. The topological polar surface area (TPSA) is 82.0 Å². The van der Waals surface area contributed by atoms with Gasteiger partial charge in [-0.3, -0.25) is 9.69 Å². The van der Waals surface area contributed by atoms with Gasteiger partial charge in [0.2, 0.25) is 5.75 Å². The van der Waals surface area contributed by atoms with Crippen LogP contribution in [0.3, 0.4) is 0 Å². The van der Waals surface area contributed by atoms with E-state index in [0.29, 0.717) is 42.6 Å². The third-order valence-electron chi connectivity index (χ3n) is 5.57. The van der Waals surface area contributed by atoms with E-state index in [1.165, 1.54) is 0 Å². The average Bonchev–Trinajstić information content (AvgIpc) is 3.34. The lowest BCUT2D eigenvalue weighted by molar-refractivity contribution is 0.0621. The number of para-hydroxylation sites is 1. The SMILES string of the molecule is COc1ccc(CN2CCN(C(=O)c3cn(-c4ccccc4)nn3)CC2)c(OC)c1OC. The van der Waals surface area contributed by atoms with Crippen molar-refractivity contribution in [2.45, 2.75) is 6.54 Å². The number of aromatic nitrogens is 3. The predicted octanol–water partition coefficient (Wildman–Crippen LogP) is 2.25. The second kappa shape index (κ2) is 9.69. The molecule has 2 aromatic carbocycles. The van der Waals surface area contributed by atoms with E-state index in [1.807, 2.05) is 47.4 Å². The summed E-state index contributed by atoms with van der Waals surface area (Å²) in [5, 5.41) is 8.17. The average molecular weight is 438 g/mol. The molecular weight excluding hydrogens is 410 g/mol. The Balaban J connectivity index is 1.39. The summed E-state index contributed by atoms with van der Waals surface area (Å²) < 4.78 is 18.1. The minimum Gasteiger partial charge on any atom is -0.493 e. The Morgan fingerprint density at radius 3 is 2.28 bits per heavy atom. The molecule has 1 aliphatic rings. The zero-order valence-corrected chi connectivity index (χ0v) is 18.5. The number of methoxy groups -OCH3 is 3. The van der Waals surface area contributed by atoms with Crippen molar-refractivity contribution in [1.82, 2.24) is 24.8 Å². The zero-order valence-electron chi connectivity index (χ0n) is 18.5. The number of hydrogen-bond donors (Lipinski definition) is 0. The Hall–Kier alpha value is -3.59. The Bertz CT molecular complexity index is 1060. The molecule has 9 heteroatoms. The number of amides is 1. The molecule has 1 amide bonds. The van der Waals surface area contributed by atoms with Crippen molar-refractivity contribution in [3.63, 3.8) is 0 Å². The number of ether oxygens (including phenoxy) is 3. The molecule has 9 nitrogen and oxygen atoms in total. The van der Waals surface area contributed by atoms with Crippen molar-refractivity contribution in [3.05, 3.63) is 59.9 Å². The molecule has 0 saturated carbocycles. The molecule has 0 atom stereocenters. The molecule has 32 heavy (non-hydrogen) atoms. The number of rotatable bonds is 7. The van der Waals surface area contributed by atoms with Crippen molar-refractivity contribution in [1.29, 1.82) is 0 Å². The molecule has 0 unspecified atom stereocenters. The van der Waals surface area contributed by atoms with Gasteiger partial charge < -0.3 is 19.1 Å². The maximum Gasteiger partial charge on any atom is 0.276 e. The van der Waals surface area contributed by atoms with Crippen molar-refractivity contribution < 1.29 is 19.0 Å². The molecule has 0 bridgehead atoms. The summed E-state index contributed by atoms with van der Waals surface area (Å²) in [6.45, 7) is 3.42. The predicted molar refractivity (Wildman–Crippen MR) is 119 cm³/mol. The molecule has 0 aliphatic carbocycles. The first-order valence-corrected chi connectivity index (χ1v) is 10.4. The van der Waals surface area contributed by atoms with E-state index < -0.39 is 0 Å². The highest BCUT2D eigenvalue weighted by molar-refractivity contribution is 5.92. The Morgan fingerprint density at radius 1 is 0.906 bits per heavy atom. The fourth-order valence-electron chi connectivity index (χ4n) is 3.87. The molecule has 1 aromatic heterocycles. The van der Waals surface area contributed by atoms with E-state index in [4.69, 9.17) is 14.2 Å². The Kier molecular flexibility index (Phi) is 6.55. The third-order valence-corrected chi connectivity index (χ3v) is 5.57. The van der Waals surface area contributed by atoms with Crippen LogP contribution >= 0.6 is 0 Å². The largest absolute Gasteiger partial charge is 0.493 e. The standard InChI is InChI=1S/C23H27N5O4/c1-30-20-10-9-17(21(31-2)22(20)32-3)15-26-11-13-27(14-12-26)23(29)19-16-28(25-24-19)18-7-5-4-6-8-18/h4-10,16H,11-15H2,1-3H3. The fourth-order valence-corrected chi connectivity index (χ4v) is 3.87. The van der Waals surface area contributed by atoms with E-state index in [9.17, 15) is 4.79 Å². The first-order valence-electron chi connectivity index (χ1n) is 10.4. The second-order valence-electron chi connectivity index (χ2n) is 7.45. The fraction of sp³-hybridized carbons (Fsp3) is 0.348. The number of benzene rings is 2. The van der Waals surface area contributed by atoms with Crippen LogP contribution in [0.1, 0.15) is 16.1 Å². The van der Waals surface area contributed by atoms with E-state index in [-0.39, 0.29) is 5.91 Å².